The van der Waals surface area contributed by atoms with Crippen molar-refractivity contribution < 1.29 is 45.4 Å². The number of likely N-dealkylation sites (N-methyl/N-ethyl adjacent to an activating group) is 2. The number of carbonyl (C=O) groups is 2. The number of methoxy groups -OCH3 is 2. The summed E-state index contributed by atoms with van der Waals surface area (Å²) in [6.07, 6.45) is -9.32. The fraction of sp³-hybridized carbons (Fsp3) is 0.667. The van der Waals surface area contributed by atoms with Gasteiger partial charge in [0.2, 0.25) is 11.1 Å². The van der Waals surface area contributed by atoms with Gasteiger partial charge in [0.15, 0.2) is 0 Å². The van der Waals surface area contributed by atoms with E-state index in [1.165, 1.54) is 0 Å². The third-order valence-electron chi connectivity index (χ3n) is 5.00. The Morgan fingerprint density at radius 2 is 1.00 bits per heavy atom. The van der Waals surface area contributed by atoms with Crippen LogP contribution in [-0.4, -0.2) is 87.6 Å². The molecule has 172 valence electrons. The van der Waals surface area contributed by atoms with Crippen LogP contribution in [0.3, 0.4) is 0 Å². The molecule has 0 radical (unpaired) electrons. The van der Waals surface area contributed by atoms with E-state index < -0.39 is 35.4 Å². The molecule has 1 rings (SSSR count). The van der Waals surface area contributed by atoms with Gasteiger partial charge < -0.3 is 9.47 Å². The predicted octanol–water partition coefficient (Wildman–Crippen LogP) is 2.70. The van der Waals surface area contributed by atoms with Crippen LogP contribution in [-0.2, 0) is 19.1 Å². The molecule has 0 spiro atoms. The van der Waals surface area contributed by atoms with Gasteiger partial charge in [-0.25, -0.2) is 9.59 Å². The first-order valence-corrected chi connectivity index (χ1v) is 8.57. The lowest BCUT2D eigenvalue weighted by Gasteiger charge is -2.40. The predicted molar refractivity (Wildman–Crippen MR) is 94.4 cm³/mol. The summed E-state index contributed by atoms with van der Waals surface area (Å²) < 4.78 is 91.1. The number of ether oxygens (including phenoxy) is 2. The lowest BCUT2D eigenvalue weighted by Crippen LogP contribution is -2.61. The van der Waals surface area contributed by atoms with Crippen molar-refractivity contribution in [2.24, 2.45) is 0 Å². The summed E-state index contributed by atoms with van der Waals surface area (Å²) in [4.78, 5) is 25.2. The van der Waals surface area contributed by atoms with Crippen LogP contribution in [0.4, 0.5) is 26.3 Å². The summed E-state index contributed by atoms with van der Waals surface area (Å²) in [5, 5.41) is 0. The second-order valence-electron chi connectivity index (χ2n) is 7.26. The number of halogens is 6. The van der Waals surface area contributed by atoms with Crippen LogP contribution in [0.1, 0.15) is 12.8 Å². The van der Waals surface area contributed by atoms with Crippen LogP contribution in [0.15, 0.2) is 23.3 Å². The Kier molecular flexibility index (Phi) is 7.42. The topological polar surface area (TPSA) is 59.1 Å². The quantitative estimate of drug-likeness (QED) is 0.355. The van der Waals surface area contributed by atoms with E-state index in [1.54, 1.807) is 0 Å². The minimum Gasteiger partial charge on any atom is -0.467 e. The zero-order valence-electron chi connectivity index (χ0n) is 17.4. The number of nitrogens with zero attached hydrogens (tertiary/aromatic N) is 2. The fourth-order valence-electron chi connectivity index (χ4n) is 3.28. The molecule has 0 aliphatic heterocycles. The van der Waals surface area contributed by atoms with E-state index in [4.69, 9.17) is 0 Å². The summed E-state index contributed by atoms with van der Waals surface area (Å²) in [6, 6.07) is 0. The van der Waals surface area contributed by atoms with Gasteiger partial charge in [0.05, 0.1) is 14.2 Å². The Hall–Kier alpha value is -2.08. The van der Waals surface area contributed by atoms with Crippen LogP contribution < -0.4 is 0 Å². The normalized spacial score (nSPS) is 19.0. The molecule has 0 aromatic carbocycles. The molecule has 1 saturated carbocycles. The molecule has 0 aromatic heterocycles. The maximum atomic E-state index is 13.7. The van der Waals surface area contributed by atoms with Gasteiger partial charge in [-0.15, -0.1) is 0 Å². The average molecular weight is 446 g/mol. The van der Waals surface area contributed by atoms with E-state index in [0.717, 1.165) is 42.4 Å². The van der Waals surface area contributed by atoms with Gasteiger partial charge in [-0.3, -0.25) is 9.80 Å². The molecule has 6 nitrogen and oxygen atoms in total. The molecule has 0 aromatic rings. The first-order valence-electron chi connectivity index (χ1n) is 8.57. The van der Waals surface area contributed by atoms with Crippen LogP contribution >= 0.6 is 0 Å². The van der Waals surface area contributed by atoms with E-state index >= 15 is 0 Å². The standard InChI is InChI=1S/C18H24F6N2O4/c1-25(2)15(13(27)29-5,17(19,20)21)9-11-7-12(8-11)10-16(26(3)4,14(28)30-6)18(22,23)24/h9-10H,7-8H2,1-6H3. The van der Waals surface area contributed by atoms with Gasteiger partial charge in [0.25, 0.3) is 0 Å². The minimum atomic E-state index is -5.04. The summed E-state index contributed by atoms with van der Waals surface area (Å²) in [6.45, 7) is 0. The van der Waals surface area contributed by atoms with Gasteiger partial charge in [-0.1, -0.05) is 11.1 Å². The molecule has 0 bridgehead atoms. The summed E-state index contributed by atoms with van der Waals surface area (Å²) in [5.41, 5.74) is -6.02. The number of hydrogen-bond donors (Lipinski definition) is 0. The zero-order chi connectivity index (χ0) is 23.7. The number of rotatable bonds is 6. The number of allylic oxidation sites excluding steroid dienone is 2. The Morgan fingerprint density at radius 1 is 0.733 bits per heavy atom. The van der Waals surface area contributed by atoms with Crippen LogP contribution in [0.2, 0.25) is 0 Å². The largest absolute Gasteiger partial charge is 0.467 e. The van der Waals surface area contributed by atoms with Crippen molar-refractivity contribution in [2.45, 2.75) is 36.3 Å². The van der Waals surface area contributed by atoms with Gasteiger partial charge in [0, 0.05) is 0 Å². The van der Waals surface area contributed by atoms with Crippen molar-refractivity contribution in [3.63, 3.8) is 0 Å². The molecule has 1 aliphatic carbocycles. The third-order valence-corrected chi connectivity index (χ3v) is 5.00. The first kappa shape index (κ1) is 26.0. The van der Waals surface area contributed by atoms with Gasteiger partial charge in [-0.05, 0) is 53.2 Å². The van der Waals surface area contributed by atoms with E-state index in [2.05, 4.69) is 9.47 Å². The molecule has 2 atom stereocenters. The second-order valence-corrected chi connectivity index (χ2v) is 7.26. The molecule has 30 heavy (non-hydrogen) atoms. The third kappa shape index (κ3) is 4.20. The SMILES string of the molecule is COC(=O)C(C=C1CC(=CC(C(=O)OC)(N(C)C)C(F)(F)F)C1)(N(C)C)C(F)(F)F. The molecule has 0 N–H and O–H groups in total. The Labute approximate surface area is 170 Å². The highest BCUT2D eigenvalue weighted by molar-refractivity contribution is 5.86. The number of hydrogen-bond acceptors (Lipinski definition) is 6. The molecule has 12 heteroatoms. The molecule has 0 saturated heterocycles. The van der Waals surface area contributed by atoms with Crippen molar-refractivity contribution in [1.29, 1.82) is 0 Å². The molecule has 0 amide bonds. The van der Waals surface area contributed by atoms with Crippen molar-refractivity contribution >= 4 is 11.9 Å². The van der Waals surface area contributed by atoms with Crippen molar-refractivity contribution in [3.8, 4) is 0 Å². The lowest BCUT2D eigenvalue weighted by atomic mass is 9.78. The highest BCUT2D eigenvalue weighted by Gasteiger charge is 2.64. The number of carbonyl (C=O) groups excluding carboxylic acids is 2. The minimum absolute atomic E-state index is 0.0809. The molecular weight excluding hydrogens is 422 g/mol. The summed E-state index contributed by atoms with van der Waals surface area (Å²) >= 11 is 0. The Balaban J connectivity index is 3.42. The van der Waals surface area contributed by atoms with Crippen molar-refractivity contribution in [2.75, 3.05) is 42.4 Å². The van der Waals surface area contributed by atoms with Gasteiger partial charge in [-0.2, -0.15) is 26.3 Å². The summed E-state index contributed by atoms with van der Waals surface area (Å²) in [5.74, 6) is -3.14. The van der Waals surface area contributed by atoms with E-state index in [1.807, 2.05) is 0 Å². The van der Waals surface area contributed by atoms with Crippen molar-refractivity contribution in [3.05, 3.63) is 23.3 Å². The van der Waals surface area contributed by atoms with E-state index in [-0.39, 0.29) is 24.0 Å². The van der Waals surface area contributed by atoms with Crippen LogP contribution in [0.5, 0.6) is 0 Å². The highest BCUT2D eigenvalue weighted by atomic mass is 19.4. The number of esters is 2. The Bertz CT molecular complexity index is 672. The van der Waals surface area contributed by atoms with E-state index in [0.29, 0.717) is 22.0 Å². The summed E-state index contributed by atoms with van der Waals surface area (Å²) in [7, 11) is 5.76. The first-order chi connectivity index (χ1) is 13.5. The maximum Gasteiger partial charge on any atom is 0.421 e. The second kappa shape index (κ2) is 8.58. The smallest absolute Gasteiger partial charge is 0.421 e. The monoisotopic (exact) mass is 446 g/mol. The molecule has 0 heterocycles. The molecule has 1 fully saturated rings. The number of alkyl halides is 6. The van der Waals surface area contributed by atoms with E-state index in [9.17, 15) is 35.9 Å². The fourth-order valence-corrected chi connectivity index (χ4v) is 3.28. The molecule has 2 unspecified atom stereocenters. The average Bonchev–Trinajstić information content (AvgIpc) is 2.56. The Morgan fingerprint density at radius 3 is 1.17 bits per heavy atom. The molecular formula is C18H24F6N2O4. The zero-order valence-corrected chi connectivity index (χ0v) is 17.4. The van der Waals surface area contributed by atoms with Gasteiger partial charge in [0.1, 0.15) is 0 Å². The highest BCUT2D eigenvalue weighted by Crippen LogP contribution is 2.45. The van der Waals surface area contributed by atoms with Crippen LogP contribution in [0, 0.1) is 0 Å². The van der Waals surface area contributed by atoms with Crippen LogP contribution in [0.25, 0.3) is 0 Å². The lowest BCUT2D eigenvalue weighted by molar-refractivity contribution is -0.221. The van der Waals surface area contributed by atoms with Gasteiger partial charge >= 0.3 is 24.3 Å². The molecule has 1 aliphatic rings. The maximum absolute atomic E-state index is 13.7. The van der Waals surface area contributed by atoms with Crippen molar-refractivity contribution in [1.82, 2.24) is 9.80 Å².